The van der Waals surface area contributed by atoms with E-state index in [1.54, 1.807) is 0 Å². The highest BCUT2D eigenvalue weighted by Crippen LogP contribution is 2.13. The van der Waals surface area contributed by atoms with Crippen LogP contribution in [0.15, 0.2) is 24.3 Å². The second-order valence-electron chi connectivity index (χ2n) is 4.38. The van der Waals surface area contributed by atoms with Gasteiger partial charge in [-0.3, -0.25) is 0 Å². The van der Waals surface area contributed by atoms with E-state index in [0.29, 0.717) is 0 Å². The van der Waals surface area contributed by atoms with E-state index < -0.39 is 0 Å². The van der Waals surface area contributed by atoms with Crippen LogP contribution >= 0.6 is 0 Å². The summed E-state index contributed by atoms with van der Waals surface area (Å²) in [5.41, 5.74) is 2.32. The van der Waals surface area contributed by atoms with Crippen LogP contribution in [0, 0.1) is 6.92 Å². The standard InChI is InChI=1S/C14H19N4/c1-3-5-10-14-15-16-17-18(14)13-9-6-8-12(11-13)7-4-2/h6,8-9,11H,2-5,7,10H2,1H3. The number of tetrazole rings is 1. The van der Waals surface area contributed by atoms with Crippen LogP contribution in [0.5, 0.6) is 0 Å². The van der Waals surface area contributed by atoms with E-state index in [1.165, 1.54) is 5.56 Å². The number of aromatic nitrogens is 4. The van der Waals surface area contributed by atoms with E-state index in [9.17, 15) is 0 Å². The Kier molecular flexibility index (Phi) is 4.45. The van der Waals surface area contributed by atoms with E-state index >= 15 is 0 Å². The molecule has 0 unspecified atom stereocenters. The summed E-state index contributed by atoms with van der Waals surface area (Å²) < 4.78 is 1.84. The first-order chi connectivity index (χ1) is 8.85. The number of unbranched alkanes of at least 4 members (excludes halogenated alkanes) is 1. The van der Waals surface area contributed by atoms with Gasteiger partial charge in [-0.05, 0) is 47.4 Å². The van der Waals surface area contributed by atoms with Crippen molar-refractivity contribution >= 4 is 0 Å². The molecule has 0 aliphatic rings. The predicted molar refractivity (Wildman–Crippen MR) is 71.4 cm³/mol. The molecule has 1 radical (unpaired) electrons. The molecule has 1 aromatic carbocycles. The molecule has 18 heavy (non-hydrogen) atoms. The fraction of sp³-hybridized carbons (Fsp3) is 0.429. The Morgan fingerprint density at radius 2 is 2.17 bits per heavy atom. The number of benzene rings is 1. The fourth-order valence-electron chi connectivity index (χ4n) is 1.94. The Morgan fingerprint density at radius 1 is 1.28 bits per heavy atom. The second-order valence-corrected chi connectivity index (χ2v) is 4.38. The van der Waals surface area contributed by atoms with E-state index in [0.717, 1.165) is 43.6 Å². The van der Waals surface area contributed by atoms with Gasteiger partial charge in [0.1, 0.15) is 0 Å². The predicted octanol–water partition coefficient (Wildman–Crippen LogP) is 2.77. The molecule has 0 saturated heterocycles. The highest BCUT2D eigenvalue weighted by atomic mass is 15.5. The smallest absolute Gasteiger partial charge is 0.156 e. The van der Waals surface area contributed by atoms with Crippen molar-refractivity contribution in [2.75, 3.05) is 0 Å². The highest BCUT2D eigenvalue weighted by Gasteiger charge is 2.07. The average Bonchev–Trinajstić information content (AvgIpc) is 2.85. The second kappa shape index (κ2) is 6.28. The van der Waals surface area contributed by atoms with Crippen molar-refractivity contribution in [1.29, 1.82) is 0 Å². The third-order valence-electron chi connectivity index (χ3n) is 2.91. The Hall–Kier alpha value is -1.71. The molecule has 0 aliphatic carbocycles. The highest BCUT2D eigenvalue weighted by molar-refractivity contribution is 5.35. The van der Waals surface area contributed by atoms with Crippen molar-refractivity contribution in [2.45, 2.75) is 39.0 Å². The molecule has 4 heteroatoms. The molecule has 0 fully saturated rings. The Labute approximate surface area is 108 Å². The molecular weight excluding hydrogens is 224 g/mol. The third-order valence-corrected chi connectivity index (χ3v) is 2.91. The van der Waals surface area contributed by atoms with Crippen LogP contribution in [0.1, 0.15) is 37.6 Å². The maximum Gasteiger partial charge on any atom is 0.156 e. The molecule has 0 atom stereocenters. The van der Waals surface area contributed by atoms with Gasteiger partial charge in [0.15, 0.2) is 5.82 Å². The van der Waals surface area contributed by atoms with Crippen LogP contribution in [-0.2, 0) is 12.8 Å². The van der Waals surface area contributed by atoms with Crippen molar-refractivity contribution in [3.63, 3.8) is 0 Å². The number of hydrogen-bond donors (Lipinski definition) is 0. The largest absolute Gasteiger partial charge is 0.197 e. The van der Waals surface area contributed by atoms with Crippen molar-refractivity contribution in [1.82, 2.24) is 20.2 Å². The van der Waals surface area contributed by atoms with Gasteiger partial charge < -0.3 is 0 Å². The molecule has 0 amide bonds. The van der Waals surface area contributed by atoms with E-state index in [-0.39, 0.29) is 0 Å². The monoisotopic (exact) mass is 243 g/mol. The first-order valence-corrected chi connectivity index (χ1v) is 6.51. The van der Waals surface area contributed by atoms with Gasteiger partial charge in [-0.15, -0.1) is 5.10 Å². The van der Waals surface area contributed by atoms with Gasteiger partial charge in [-0.2, -0.15) is 4.68 Å². The van der Waals surface area contributed by atoms with E-state index in [1.807, 2.05) is 16.8 Å². The van der Waals surface area contributed by atoms with Crippen LogP contribution in [0.4, 0.5) is 0 Å². The molecule has 1 heterocycles. The normalized spacial score (nSPS) is 10.8. The minimum Gasteiger partial charge on any atom is -0.197 e. The number of rotatable bonds is 6. The van der Waals surface area contributed by atoms with Gasteiger partial charge in [0.2, 0.25) is 0 Å². The summed E-state index contributed by atoms with van der Waals surface area (Å²) in [5.74, 6) is 0.934. The van der Waals surface area contributed by atoms with Crippen LogP contribution in [0.25, 0.3) is 5.69 Å². The third kappa shape index (κ3) is 2.94. The van der Waals surface area contributed by atoms with Crippen molar-refractivity contribution in [2.24, 2.45) is 0 Å². The van der Waals surface area contributed by atoms with Gasteiger partial charge in [-0.25, -0.2) is 0 Å². The lowest BCUT2D eigenvalue weighted by molar-refractivity contribution is 0.710. The lowest BCUT2D eigenvalue weighted by Gasteiger charge is -2.06. The van der Waals surface area contributed by atoms with Crippen LogP contribution in [-0.4, -0.2) is 20.2 Å². The molecule has 0 N–H and O–H groups in total. The first-order valence-electron chi connectivity index (χ1n) is 6.51. The zero-order valence-electron chi connectivity index (χ0n) is 10.8. The summed E-state index contributed by atoms with van der Waals surface area (Å²) in [6.45, 7) is 6.05. The van der Waals surface area contributed by atoms with Gasteiger partial charge in [-0.1, -0.05) is 32.4 Å². The molecule has 95 valence electrons. The molecule has 4 nitrogen and oxygen atoms in total. The van der Waals surface area contributed by atoms with Crippen LogP contribution in [0.3, 0.4) is 0 Å². The van der Waals surface area contributed by atoms with Crippen molar-refractivity contribution < 1.29 is 0 Å². The molecule has 0 saturated carbocycles. The topological polar surface area (TPSA) is 43.6 Å². The number of aryl methyl sites for hydroxylation is 2. The maximum absolute atomic E-state index is 4.10. The molecule has 2 aromatic rings. The zero-order valence-corrected chi connectivity index (χ0v) is 10.8. The molecule has 2 rings (SSSR count). The lowest BCUT2D eigenvalue weighted by atomic mass is 10.1. The Morgan fingerprint density at radius 3 is 2.94 bits per heavy atom. The average molecular weight is 243 g/mol. The van der Waals surface area contributed by atoms with E-state index in [2.05, 4.69) is 41.5 Å². The van der Waals surface area contributed by atoms with E-state index in [4.69, 9.17) is 0 Å². The van der Waals surface area contributed by atoms with Crippen molar-refractivity contribution in [3.8, 4) is 5.69 Å². The summed E-state index contributed by atoms with van der Waals surface area (Å²) in [5, 5.41) is 12.0. The van der Waals surface area contributed by atoms with Gasteiger partial charge >= 0.3 is 0 Å². The summed E-state index contributed by atoms with van der Waals surface area (Å²) in [6, 6.07) is 8.34. The summed E-state index contributed by atoms with van der Waals surface area (Å²) >= 11 is 0. The molecule has 0 aliphatic heterocycles. The number of nitrogens with zero attached hydrogens (tertiary/aromatic N) is 4. The lowest BCUT2D eigenvalue weighted by Crippen LogP contribution is -2.04. The minimum absolute atomic E-state index is 0.905. The SMILES string of the molecule is [CH2]CCc1cccc(-n2nnnc2CCCC)c1. The van der Waals surface area contributed by atoms with Crippen LogP contribution in [0.2, 0.25) is 0 Å². The number of hydrogen-bond acceptors (Lipinski definition) is 3. The van der Waals surface area contributed by atoms with Gasteiger partial charge in [0.05, 0.1) is 5.69 Å². The quantitative estimate of drug-likeness (QED) is 0.783. The Bertz CT molecular complexity index is 490. The van der Waals surface area contributed by atoms with Gasteiger partial charge in [0, 0.05) is 6.42 Å². The molecular formula is C14H19N4. The molecule has 0 spiro atoms. The molecule has 1 aromatic heterocycles. The minimum atomic E-state index is 0.905. The maximum atomic E-state index is 4.10. The summed E-state index contributed by atoms with van der Waals surface area (Å²) in [6.07, 6.45) is 5.07. The fourth-order valence-corrected chi connectivity index (χ4v) is 1.94. The first kappa shape index (κ1) is 12.7. The summed E-state index contributed by atoms with van der Waals surface area (Å²) in [4.78, 5) is 0. The van der Waals surface area contributed by atoms with Crippen LogP contribution < -0.4 is 0 Å². The Balaban J connectivity index is 2.24. The van der Waals surface area contributed by atoms with Crippen molar-refractivity contribution in [3.05, 3.63) is 42.6 Å². The zero-order chi connectivity index (χ0) is 12.8. The molecule has 0 bridgehead atoms. The summed E-state index contributed by atoms with van der Waals surface area (Å²) in [7, 11) is 0. The van der Waals surface area contributed by atoms with Gasteiger partial charge in [0.25, 0.3) is 0 Å².